The van der Waals surface area contributed by atoms with Crippen molar-refractivity contribution >= 4 is 35.1 Å². The third-order valence-corrected chi connectivity index (χ3v) is 6.36. The largest absolute Gasteiger partial charge is 0.357 e. The second-order valence-electron chi connectivity index (χ2n) is 8.53. The van der Waals surface area contributed by atoms with Crippen molar-refractivity contribution < 1.29 is 9.59 Å². The van der Waals surface area contributed by atoms with Crippen molar-refractivity contribution in [1.29, 1.82) is 0 Å². The molecule has 0 radical (unpaired) electrons. The van der Waals surface area contributed by atoms with Crippen LogP contribution >= 0.6 is 11.6 Å². The van der Waals surface area contributed by atoms with Crippen molar-refractivity contribution in [3.05, 3.63) is 95.4 Å². The van der Waals surface area contributed by atoms with Crippen molar-refractivity contribution in [2.75, 3.05) is 31.5 Å². The van der Waals surface area contributed by atoms with Crippen LogP contribution < -0.4 is 5.32 Å². The van der Waals surface area contributed by atoms with Gasteiger partial charge in [-0.05, 0) is 48.0 Å². The number of nitrogens with one attached hydrogen (secondary N) is 2. The first-order valence-electron chi connectivity index (χ1n) is 11.7. The van der Waals surface area contributed by atoms with Gasteiger partial charge in [-0.25, -0.2) is 9.97 Å². The first-order valence-corrected chi connectivity index (χ1v) is 12.1. The third-order valence-electron chi connectivity index (χ3n) is 6.11. The van der Waals surface area contributed by atoms with Crippen LogP contribution in [0.2, 0.25) is 5.02 Å². The number of nitrogens with zero attached hydrogens (tertiary/aromatic N) is 4. The molecule has 0 aliphatic carbocycles. The number of hydrogen-bond donors (Lipinski definition) is 2. The number of carbonyl (C=O) groups excluding carboxylic acids is 2. The number of hydrogen-bond acceptors (Lipinski definition) is 5. The third kappa shape index (κ3) is 5.55. The lowest BCUT2D eigenvalue weighted by atomic mass is 10.1. The zero-order chi connectivity index (χ0) is 24.9. The fourth-order valence-electron chi connectivity index (χ4n) is 4.11. The van der Waals surface area contributed by atoms with Gasteiger partial charge in [-0.3, -0.25) is 9.59 Å². The highest BCUT2D eigenvalue weighted by atomic mass is 35.5. The summed E-state index contributed by atoms with van der Waals surface area (Å²) in [6.07, 6.45) is 3.75. The molecule has 182 valence electrons. The van der Waals surface area contributed by atoms with Crippen LogP contribution in [0.4, 0.5) is 11.6 Å². The van der Waals surface area contributed by atoms with Gasteiger partial charge in [0.25, 0.3) is 5.91 Å². The second-order valence-corrected chi connectivity index (χ2v) is 8.96. The molecule has 0 saturated carbocycles. The number of anilines is 2. The zero-order valence-corrected chi connectivity index (χ0v) is 20.3. The van der Waals surface area contributed by atoms with Gasteiger partial charge in [-0.1, -0.05) is 35.9 Å². The SMILES string of the molecule is O=C(Cc1ccc(Nc2nccc(-c3ccc(Cl)cc3)n2)cc1)N1CCN(C(=O)c2ccc[nH]2)CC1. The van der Waals surface area contributed by atoms with E-state index in [0.29, 0.717) is 49.3 Å². The molecule has 1 saturated heterocycles. The molecular weight excluding hydrogens is 476 g/mol. The Hall–Kier alpha value is -4.17. The highest BCUT2D eigenvalue weighted by molar-refractivity contribution is 6.30. The fraction of sp³-hybridized carbons (Fsp3) is 0.185. The molecular formula is C27H25ClN6O2. The van der Waals surface area contributed by atoms with E-state index >= 15 is 0 Å². The van der Waals surface area contributed by atoms with E-state index < -0.39 is 0 Å². The van der Waals surface area contributed by atoms with Crippen LogP contribution in [-0.2, 0) is 11.2 Å². The number of aromatic nitrogens is 3. The summed E-state index contributed by atoms with van der Waals surface area (Å²) in [6, 6.07) is 20.6. The molecule has 5 rings (SSSR count). The molecule has 1 aliphatic heterocycles. The van der Waals surface area contributed by atoms with Gasteiger partial charge in [0.1, 0.15) is 5.69 Å². The van der Waals surface area contributed by atoms with E-state index in [4.69, 9.17) is 11.6 Å². The molecule has 0 unspecified atom stereocenters. The van der Waals surface area contributed by atoms with Crippen LogP contribution in [0.25, 0.3) is 11.3 Å². The zero-order valence-electron chi connectivity index (χ0n) is 19.5. The lowest BCUT2D eigenvalue weighted by Gasteiger charge is -2.34. The van der Waals surface area contributed by atoms with Crippen LogP contribution in [0.5, 0.6) is 0 Å². The minimum atomic E-state index is -0.0298. The molecule has 1 aliphatic rings. The fourth-order valence-corrected chi connectivity index (χ4v) is 4.24. The summed E-state index contributed by atoms with van der Waals surface area (Å²) in [7, 11) is 0. The van der Waals surface area contributed by atoms with Crippen LogP contribution in [0.15, 0.2) is 79.1 Å². The minimum absolute atomic E-state index is 0.0298. The van der Waals surface area contributed by atoms with Crippen LogP contribution in [0.3, 0.4) is 0 Å². The smallest absolute Gasteiger partial charge is 0.270 e. The predicted molar refractivity (Wildman–Crippen MR) is 139 cm³/mol. The van der Waals surface area contributed by atoms with Crippen LogP contribution in [-0.4, -0.2) is 62.7 Å². The quantitative estimate of drug-likeness (QED) is 0.409. The van der Waals surface area contributed by atoms with Crippen molar-refractivity contribution in [3.63, 3.8) is 0 Å². The first kappa shape index (κ1) is 23.6. The van der Waals surface area contributed by atoms with Gasteiger partial charge in [0.05, 0.1) is 12.1 Å². The maximum atomic E-state index is 12.8. The summed E-state index contributed by atoms with van der Waals surface area (Å²) in [4.78, 5) is 40.7. The highest BCUT2D eigenvalue weighted by Crippen LogP contribution is 2.22. The number of carbonyl (C=O) groups is 2. The summed E-state index contributed by atoms with van der Waals surface area (Å²) in [5.41, 5.74) is 4.07. The standard InChI is InChI=1S/C27H25ClN6O2/c28-21-7-5-20(6-8-21)23-11-13-30-27(32-23)31-22-9-3-19(4-10-22)18-25(35)33-14-16-34(17-15-33)26(36)24-2-1-12-29-24/h1-13,29H,14-18H2,(H,30,31,32). The average Bonchev–Trinajstić information content (AvgIpc) is 3.45. The molecule has 2 N–H and O–H groups in total. The van der Waals surface area contributed by atoms with Gasteiger partial charge in [0.2, 0.25) is 11.9 Å². The Bertz CT molecular complexity index is 1330. The number of amides is 2. The van der Waals surface area contributed by atoms with Gasteiger partial charge in [0.15, 0.2) is 0 Å². The normalized spacial score (nSPS) is 13.5. The molecule has 8 nitrogen and oxygen atoms in total. The molecule has 4 aromatic rings. The lowest BCUT2D eigenvalue weighted by molar-refractivity contribution is -0.131. The minimum Gasteiger partial charge on any atom is -0.357 e. The maximum Gasteiger partial charge on any atom is 0.270 e. The molecule has 2 aromatic carbocycles. The van der Waals surface area contributed by atoms with Crippen molar-refractivity contribution in [2.45, 2.75) is 6.42 Å². The summed E-state index contributed by atoms with van der Waals surface area (Å²) >= 11 is 5.98. The number of aromatic amines is 1. The molecule has 9 heteroatoms. The Kier molecular flexibility index (Phi) is 6.95. The predicted octanol–water partition coefficient (Wildman–Crippen LogP) is 4.40. The number of rotatable bonds is 6. The summed E-state index contributed by atoms with van der Waals surface area (Å²) in [5, 5.41) is 3.89. The van der Waals surface area contributed by atoms with E-state index in [1.54, 1.807) is 29.4 Å². The Morgan fingerprint density at radius 1 is 0.917 bits per heavy atom. The second kappa shape index (κ2) is 10.6. The van der Waals surface area contributed by atoms with E-state index in [-0.39, 0.29) is 11.8 Å². The number of benzene rings is 2. The van der Waals surface area contributed by atoms with Gasteiger partial charge >= 0.3 is 0 Å². The molecule has 2 aromatic heterocycles. The first-order chi connectivity index (χ1) is 17.5. The molecule has 3 heterocycles. The van der Waals surface area contributed by atoms with Crippen LogP contribution in [0, 0.1) is 0 Å². The Labute approximate surface area is 213 Å². The Balaban J connectivity index is 1.15. The molecule has 0 atom stereocenters. The Morgan fingerprint density at radius 3 is 2.33 bits per heavy atom. The molecule has 2 amide bonds. The van der Waals surface area contributed by atoms with E-state index in [2.05, 4.69) is 20.3 Å². The monoisotopic (exact) mass is 500 g/mol. The summed E-state index contributed by atoms with van der Waals surface area (Å²) in [5.74, 6) is 0.512. The molecule has 0 spiro atoms. The number of piperazine rings is 1. The molecule has 36 heavy (non-hydrogen) atoms. The highest BCUT2D eigenvalue weighted by Gasteiger charge is 2.25. The number of halogens is 1. The van der Waals surface area contributed by atoms with Gasteiger partial charge < -0.3 is 20.1 Å². The lowest BCUT2D eigenvalue weighted by Crippen LogP contribution is -2.51. The van der Waals surface area contributed by atoms with Gasteiger partial charge in [-0.15, -0.1) is 0 Å². The Morgan fingerprint density at radius 2 is 1.64 bits per heavy atom. The summed E-state index contributed by atoms with van der Waals surface area (Å²) in [6.45, 7) is 2.13. The average molecular weight is 501 g/mol. The van der Waals surface area contributed by atoms with Crippen molar-refractivity contribution in [2.24, 2.45) is 0 Å². The van der Waals surface area contributed by atoms with E-state index in [0.717, 1.165) is 22.5 Å². The topological polar surface area (TPSA) is 94.2 Å². The van der Waals surface area contributed by atoms with E-state index in [9.17, 15) is 9.59 Å². The van der Waals surface area contributed by atoms with Crippen LogP contribution in [0.1, 0.15) is 16.1 Å². The van der Waals surface area contributed by atoms with Gasteiger partial charge in [-0.2, -0.15) is 0 Å². The van der Waals surface area contributed by atoms with Crippen molar-refractivity contribution in [3.8, 4) is 11.3 Å². The maximum absolute atomic E-state index is 12.8. The molecule has 1 fully saturated rings. The van der Waals surface area contributed by atoms with Gasteiger partial charge in [0, 0.05) is 54.8 Å². The number of H-pyrrole nitrogens is 1. The summed E-state index contributed by atoms with van der Waals surface area (Å²) < 4.78 is 0. The van der Waals surface area contributed by atoms with E-state index in [1.807, 2.05) is 59.5 Å². The van der Waals surface area contributed by atoms with Crippen molar-refractivity contribution in [1.82, 2.24) is 24.8 Å². The van der Waals surface area contributed by atoms with E-state index in [1.165, 1.54) is 0 Å². The molecule has 0 bridgehead atoms.